The average Bonchev–Trinajstić information content (AvgIpc) is 2.98. The monoisotopic (exact) mass is 401 g/mol. The van der Waals surface area contributed by atoms with Gasteiger partial charge in [-0.25, -0.2) is 0 Å². The van der Waals surface area contributed by atoms with Crippen LogP contribution in [0.4, 0.5) is 0 Å². The molecule has 1 nitrogen and oxygen atoms in total. The second-order valence-corrected chi connectivity index (χ2v) is 14.2. The Morgan fingerprint density at radius 3 is 2.17 bits per heavy atom. The van der Waals surface area contributed by atoms with Gasteiger partial charge in [0, 0.05) is 11.8 Å². The van der Waals surface area contributed by atoms with Gasteiger partial charge in [0.05, 0.1) is 0 Å². The number of halogens is 2. The predicted octanol–water partition coefficient (Wildman–Crippen LogP) is 6.48. The summed E-state index contributed by atoms with van der Waals surface area (Å²) in [6, 6.07) is 0. The van der Waals surface area contributed by atoms with Crippen LogP contribution in [0.25, 0.3) is 4.98 Å². The third kappa shape index (κ3) is 5.22. The molecule has 0 spiro atoms. The van der Waals surface area contributed by atoms with E-state index in [4.69, 9.17) is 23.6 Å². The Kier molecular flexibility index (Phi) is 7.14. The van der Waals surface area contributed by atoms with E-state index in [-0.39, 0.29) is 5.54 Å². The molecule has 0 unspecified atom stereocenters. The molecule has 0 atom stereocenters. The van der Waals surface area contributed by atoms with E-state index in [0.29, 0.717) is 0 Å². The Morgan fingerprint density at radius 1 is 1.04 bits per heavy atom. The zero-order chi connectivity index (χ0) is 17.3. The van der Waals surface area contributed by atoms with Crippen molar-refractivity contribution >= 4 is 26.8 Å². The van der Waals surface area contributed by atoms with Gasteiger partial charge < -0.3 is 4.98 Å². The summed E-state index contributed by atoms with van der Waals surface area (Å²) in [6.45, 7) is 11.4. The molecule has 0 aromatic rings. The fourth-order valence-electron chi connectivity index (χ4n) is 3.71. The predicted molar refractivity (Wildman–Crippen MR) is 101 cm³/mol. The fraction of sp³-hybridized carbons (Fsp3) is 0.500. The molecule has 3 aliphatic carbocycles. The summed E-state index contributed by atoms with van der Waals surface area (Å²) in [4.78, 5) is 5.17. The van der Waals surface area contributed by atoms with Gasteiger partial charge in [0.2, 0.25) is 0 Å². The van der Waals surface area contributed by atoms with E-state index in [1.807, 2.05) is 0 Å². The fourth-order valence-corrected chi connectivity index (χ4v) is 6.87. The number of nitrogens with zero attached hydrogens (tertiary/aromatic N) is 1. The van der Waals surface area contributed by atoms with Crippen LogP contribution in [0, 0.1) is 30.2 Å². The van der Waals surface area contributed by atoms with Crippen LogP contribution in [0.2, 0.25) is 13.1 Å². The van der Waals surface area contributed by atoms with E-state index in [9.17, 15) is 0 Å². The second-order valence-electron chi connectivity index (χ2n) is 7.72. The Labute approximate surface area is 160 Å². The van der Waals surface area contributed by atoms with E-state index >= 15 is 0 Å². The molecule has 5 radical (unpaired) electrons. The van der Waals surface area contributed by atoms with Gasteiger partial charge in [-0.1, -0.05) is 54.3 Å². The number of hydrogen-bond acceptors (Lipinski definition) is 0. The van der Waals surface area contributed by atoms with Crippen LogP contribution in [0.3, 0.4) is 0 Å². The van der Waals surface area contributed by atoms with Crippen molar-refractivity contribution < 1.29 is 17.0 Å². The van der Waals surface area contributed by atoms with Gasteiger partial charge in [-0.05, 0) is 48.8 Å². The van der Waals surface area contributed by atoms with Gasteiger partial charge in [0.15, 0.2) is 0 Å². The number of hydrogen-bond donors (Lipinski definition) is 0. The number of allylic oxidation sites excluding steroid dienone is 4. The molecule has 0 saturated heterocycles. The maximum absolute atomic E-state index is 5.17. The Morgan fingerprint density at radius 2 is 1.61 bits per heavy atom. The van der Waals surface area contributed by atoms with Crippen LogP contribution in [-0.4, -0.2) is 13.8 Å². The number of rotatable bonds is 2. The first-order valence-electron chi connectivity index (χ1n) is 8.10. The van der Waals surface area contributed by atoms with Gasteiger partial charge in [-0.3, -0.25) is 0 Å². The topological polar surface area (TPSA) is 14.1 Å². The molecule has 2 fully saturated rings. The Hall–Kier alpha value is 0.951. The molecule has 0 N–H and O–H groups in total. The van der Waals surface area contributed by atoms with Crippen LogP contribution in [-0.2, 0) is 17.0 Å². The number of fused-ring (bicyclic) bond motifs is 2. The maximum atomic E-state index is 5.17. The second kappa shape index (κ2) is 8.10. The minimum absolute atomic E-state index is 0.0516. The molecule has 3 rings (SSSR count). The molecule has 0 heterocycles. The van der Waals surface area contributed by atoms with Crippen molar-refractivity contribution in [2.24, 2.45) is 0 Å². The summed E-state index contributed by atoms with van der Waals surface area (Å²) in [7, 11) is 8.04. The third-order valence-corrected chi connectivity index (χ3v) is 7.24. The van der Waals surface area contributed by atoms with Crippen molar-refractivity contribution in [1.29, 1.82) is 0 Å². The van der Waals surface area contributed by atoms with Crippen LogP contribution in [0.15, 0.2) is 23.3 Å². The summed E-state index contributed by atoms with van der Waals surface area (Å²) in [5, 5.41) is 0. The Bertz CT molecular complexity index is 482. The summed E-state index contributed by atoms with van der Waals surface area (Å²) >= 11 is -0.556. The molecule has 2 saturated carbocycles. The normalized spacial score (nSPS) is 22.7. The van der Waals surface area contributed by atoms with Crippen LogP contribution < -0.4 is 0 Å². The van der Waals surface area contributed by atoms with Crippen molar-refractivity contribution in [2.75, 3.05) is 0 Å². The first kappa shape index (κ1) is 20.3. The molecule has 0 aromatic heterocycles. The van der Waals surface area contributed by atoms with E-state index < -0.39 is 25.3 Å². The van der Waals surface area contributed by atoms with Gasteiger partial charge in [0.25, 0.3) is 0 Å². The molecule has 0 bridgehead atoms. The summed E-state index contributed by atoms with van der Waals surface area (Å²) < 4.78 is 0. The molecular weight excluding hydrogens is 377 g/mol. The molecule has 23 heavy (non-hydrogen) atoms. The van der Waals surface area contributed by atoms with Crippen molar-refractivity contribution in [2.45, 2.75) is 58.7 Å². The Balaban J connectivity index is 0.000000595. The molecule has 3 aliphatic rings. The molecule has 125 valence electrons. The standard InChI is InChI=1S/C18H25NSi.2ClH.Ti/c1-18(2,3)19-20(4,5)17-10-9-15-11-13-7-6-8-14(13)12-16(15)17;;;/h9-12H,6-8H2,1-5H3;2*1H;/q-1;;;+2/p-2. The van der Waals surface area contributed by atoms with E-state index in [1.165, 1.54) is 36.6 Å². The first-order valence-corrected chi connectivity index (χ1v) is 15.3. The summed E-state index contributed by atoms with van der Waals surface area (Å²) in [5.41, 5.74) is 4.71. The molecule has 5 heteroatoms. The molecule has 0 aliphatic heterocycles. The quantitative estimate of drug-likeness (QED) is 0.470. The van der Waals surface area contributed by atoms with Crippen molar-refractivity contribution in [1.82, 2.24) is 0 Å². The minimum atomic E-state index is -1.73. The van der Waals surface area contributed by atoms with Crippen LogP contribution in [0.5, 0.6) is 0 Å². The van der Waals surface area contributed by atoms with E-state index in [0.717, 1.165) is 0 Å². The van der Waals surface area contributed by atoms with Crippen LogP contribution >= 0.6 is 18.6 Å². The van der Waals surface area contributed by atoms with Crippen molar-refractivity contribution in [3.63, 3.8) is 0 Å². The van der Waals surface area contributed by atoms with Gasteiger partial charge in [0.1, 0.15) is 0 Å². The van der Waals surface area contributed by atoms with Gasteiger partial charge >= 0.3 is 35.6 Å². The van der Waals surface area contributed by atoms with E-state index in [2.05, 4.69) is 58.9 Å². The van der Waals surface area contributed by atoms with Crippen molar-refractivity contribution in [3.8, 4) is 0 Å². The van der Waals surface area contributed by atoms with Crippen LogP contribution in [0.1, 0.15) is 40.0 Å². The zero-order valence-electron chi connectivity index (χ0n) is 14.6. The third-order valence-electron chi connectivity index (χ3n) is 4.26. The van der Waals surface area contributed by atoms with Gasteiger partial charge in [-0.2, -0.15) is 0 Å². The van der Waals surface area contributed by atoms with Gasteiger partial charge in [-0.15, -0.1) is 5.54 Å². The average molecular weight is 402 g/mol. The summed E-state index contributed by atoms with van der Waals surface area (Å²) in [6.07, 6.45) is 13.4. The summed E-state index contributed by atoms with van der Waals surface area (Å²) in [5.74, 6) is 2.89. The zero-order valence-corrected chi connectivity index (χ0v) is 18.7. The SMILES string of the molecule is CC(C)(C)[N-][Si](C)(C)[C]1[CH][CH][C]2C=C3CCCC3=C[C]21.[Cl][Ti][Cl]. The molecule has 0 amide bonds. The molecule has 0 aromatic carbocycles. The van der Waals surface area contributed by atoms with E-state index in [1.54, 1.807) is 11.1 Å². The van der Waals surface area contributed by atoms with Crippen molar-refractivity contribution in [3.05, 3.63) is 58.5 Å². The first-order chi connectivity index (χ1) is 10.7. The molecular formula is C18H25Cl2NSiTi-.